The van der Waals surface area contributed by atoms with E-state index in [1.807, 2.05) is 0 Å². The van der Waals surface area contributed by atoms with Crippen molar-refractivity contribution < 1.29 is 0 Å². The molecule has 1 nitrogen and oxygen atoms in total. The minimum Gasteiger partial charge on any atom is -0.316 e. The normalized spacial score (nSPS) is 31.6. The van der Waals surface area contributed by atoms with E-state index in [0.29, 0.717) is 5.41 Å². The molecule has 4 rings (SSSR count). The van der Waals surface area contributed by atoms with E-state index in [1.165, 1.54) is 30.3 Å². The van der Waals surface area contributed by atoms with Gasteiger partial charge in [-0.25, -0.2) is 0 Å². The summed E-state index contributed by atoms with van der Waals surface area (Å²) in [7, 11) is 0. The van der Waals surface area contributed by atoms with Gasteiger partial charge in [0.2, 0.25) is 0 Å². The van der Waals surface area contributed by atoms with Crippen molar-refractivity contribution in [2.75, 3.05) is 13.1 Å². The van der Waals surface area contributed by atoms with Crippen molar-refractivity contribution in [2.45, 2.75) is 11.8 Å². The van der Waals surface area contributed by atoms with Gasteiger partial charge in [0, 0.05) is 12.0 Å². The molecule has 2 aliphatic rings. The number of rotatable bonds is 1. The zero-order valence-electron chi connectivity index (χ0n) is 9.24. The summed E-state index contributed by atoms with van der Waals surface area (Å²) in [6, 6.07) is 15.6. The second-order valence-corrected chi connectivity index (χ2v) is 5.25. The number of benzene rings is 2. The molecule has 80 valence electrons. The highest BCUT2D eigenvalue weighted by Crippen LogP contribution is 2.56. The fourth-order valence-electron chi connectivity index (χ4n) is 3.29. The van der Waals surface area contributed by atoms with E-state index in [0.717, 1.165) is 5.92 Å². The van der Waals surface area contributed by atoms with Crippen LogP contribution in [0, 0.1) is 5.92 Å². The van der Waals surface area contributed by atoms with Gasteiger partial charge in [-0.1, -0.05) is 42.5 Å². The Bertz CT molecular complexity index is 560. The van der Waals surface area contributed by atoms with E-state index in [-0.39, 0.29) is 0 Å². The summed E-state index contributed by atoms with van der Waals surface area (Å²) in [5.41, 5.74) is 2.03. The topological polar surface area (TPSA) is 12.0 Å². The van der Waals surface area contributed by atoms with Crippen LogP contribution in [0.3, 0.4) is 0 Å². The van der Waals surface area contributed by atoms with Gasteiger partial charge in [-0.05, 0) is 35.2 Å². The molecule has 1 saturated carbocycles. The number of hydrogen-bond donors (Lipinski definition) is 1. The van der Waals surface area contributed by atoms with Gasteiger partial charge in [0.1, 0.15) is 0 Å². The molecular formula is C15H15N. The molecule has 2 fully saturated rings. The Hall–Kier alpha value is -1.34. The third-order valence-corrected chi connectivity index (χ3v) is 4.39. The molecule has 2 atom stereocenters. The molecule has 1 aliphatic heterocycles. The molecule has 2 aromatic rings. The van der Waals surface area contributed by atoms with Gasteiger partial charge < -0.3 is 5.32 Å². The molecule has 2 aromatic carbocycles. The second-order valence-electron chi connectivity index (χ2n) is 5.25. The molecule has 1 heteroatoms. The van der Waals surface area contributed by atoms with Crippen LogP contribution >= 0.6 is 0 Å². The summed E-state index contributed by atoms with van der Waals surface area (Å²) in [6.45, 7) is 2.39. The second kappa shape index (κ2) is 2.86. The standard InChI is InChI=1S/C15H15N/c1-2-4-12-7-13(6-5-11(12)3-1)15-8-14(15)9-16-10-15/h1-7,14,16H,8-10H2/t14-,15-/m0/s1. The first-order valence-corrected chi connectivity index (χ1v) is 6.08. The Labute approximate surface area is 95.5 Å². The van der Waals surface area contributed by atoms with Crippen molar-refractivity contribution >= 4 is 10.8 Å². The number of nitrogens with one attached hydrogen (secondary N) is 1. The lowest BCUT2D eigenvalue weighted by molar-refractivity contribution is 0.676. The summed E-state index contributed by atoms with van der Waals surface area (Å²) < 4.78 is 0. The zero-order chi connectivity index (χ0) is 10.6. The molecule has 0 unspecified atom stereocenters. The average molecular weight is 209 g/mol. The molecule has 0 bridgehead atoms. The van der Waals surface area contributed by atoms with Gasteiger partial charge in [0.15, 0.2) is 0 Å². The monoisotopic (exact) mass is 209 g/mol. The van der Waals surface area contributed by atoms with Crippen molar-refractivity contribution in [2.24, 2.45) is 5.92 Å². The van der Waals surface area contributed by atoms with Crippen molar-refractivity contribution in [1.82, 2.24) is 5.32 Å². The smallest absolute Gasteiger partial charge is 0.0122 e. The maximum absolute atomic E-state index is 3.51. The van der Waals surface area contributed by atoms with Gasteiger partial charge in [0.25, 0.3) is 0 Å². The van der Waals surface area contributed by atoms with Gasteiger partial charge in [-0.15, -0.1) is 0 Å². The highest BCUT2D eigenvalue weighted by atomic mass is 15.0. The Balaban J connectivity index is 1.87. The Kier molecular flexibility index (Phi) is 1.57. The molecule has 0 radical (unpaired) electrons. The first-order chi connectivity index (χ1) is 7.88. The average Bonchev–Trinajstić information content (AvgIpc) is 2.92. The highest BCUT2D eigenvalue weighted by Gasteiger charge is 2.57. The van der Waals surface area contributed by atoms with Crippen LogP contribution in [0.15, 0.2) is 42.5 Å². The molecule has 1 aliphatic carbocycles. The van der Waals surface area contributed by atoms with Crippen molar-refractivity contribution in [3.05, 3.63) is 48.0 Å². The Morgan fingerprint density at radius 2 is 1.94 bits per heavy atom. The third-order valence-electron chi connectivity index (χ3n) is 4.39. The van der Waals surface area contributed by atoms with E-state index < -0.39 is 0 Å². The van der Waals surface area contributed by atoms with Crippen LogP contribution in [-0.2, 0) is 5.41 Å². The largest absolute Gasteiger partial charge is 0.316 e. The highest BCUT2D eigenvalue weighted by molar-refractivity contribution is 5.83. The molecular weight excluding hydrogens is 194 g/mol. The Morgan fingerprint density at radius 1 is 1.06 bits per heavy atom. The number of fused-ring (bicyclic) bond motifs is 2. The Morgan fingerprint density at radius 3 is 2.69 bits per heavy atom. The fraction of sp³-hybridized carbons (Fsp3) is 0.333. The van der Waals surface area contributed by atoms with Gasteiger partial charge in [-0.3, -0.25) is 0 Å². The molecule has 0 aromatic heterocycles. The van der Waals surface area contributed by atoms with Crippen LogP contribution in [-0.4, -0.2) is 13.1 Å². The van der Waals surface area contributed by atoms with Crippen molar-refractivity contribution in [3.8, 4) is 0 Å². The fourth-order valence-corrected chi connectivity index (χ4v) is 3.29. The maximum Gasteiger partial charge on any atom is 0.0122 e. The summed E-state index contributed by atoms with van der Waals surface area (Å²) in [6.07, 6.45) is 1.39. The summed E-state index contributed by atoms with van der Waals surface area (Å²) in [5.74, 6) is 0.897. The minimum absolute atomic E-state index is 0.490. The SMILES string of the molecule is c1ccc2cc([C@]34CNC[C@@H]3C4)ccc2c1. The number of hydrogen-bond acceptors (Lipinski definition) is 1. The summed E-state index contributed by atoms with van der Waals surface area (Å²) in [4.78, 5) is 0. The third kappa shape index (κ3) is 1.04. The minimum atomic E-state index is 0.490. The first-order valence-electron chi connectivity index (χ1n) is 6.08. The summed E-state index contributed by atoms with van der Waals surface area (Å²) >= 11 is 0. The van der Waals surface area contributed by atoms with E-state index in [9.17, 15) is 0 Å². The molecule has 0 spiro atoms. The molecule has 1 heterocycles. The van der Waals surface area contributed by atoms with Gasteiger partial charge in [-0.2, -0.15) is 0 Å². The lowest BCUT2D eigenvalue weighted by Gasteiger charge is -2.13. The molecule has 1 N–H and O–H groups in total. The van der Waals surface area contributed by atoms with E-state index in [1.54, 1.807) is 5.56 Å². The van der Waals surface area contributed by atoms with Gasteiger partial charge >= 0.3 is 0 Å². The van der Waals surface area contributed by atoms with Crippen LogP contribution in [0.2, 0.25) is 0 Å². The van der Waals surface area contributed by atoms with Crippen molar-refractivity contribution in [3.63, 3.8) is 0 Å². The predicted molar refractivity (Wildman–Crippen MR) is 66.6 cm³/mol. The molecule has 1 saturated heterocycles. The van der Waals surface area contributed by atoms with Crippen LogP contribution < -0.4 is 5.32 Å². The van der Waals surface area contributed by atoms with E-state index in [2.05, 4.69) is 47.8 Å². The van der Waals surface area contributed by atoms with Crippen LogP contribution in [0.1, 0.15) is 12.0 Å². The predicted octanol–water partition coefficient (Wildman–Crippen LogP) is 2.70. The van der Waals surface area contributed by atoms with Crippen molar-refractivity contribution in [1.29, 1.82) is 0 Å². The maximum atomic E-state index is 3.51. The van der Waals surface area contributed by atoms with Crippen LogP contribution in [0.5, 0.6) is 0 Å². The van der Waals surface area contributed by atoms with Crippen LogP contribution in [0.4, 0.5) is 0 Å². The van der Waals surface area contributed by atoms with E-state index >= 15 is 0 Å². The number of piperidine rings is 1. The quantitative estimate of drug-likeness (QED) is 0.761. The first kappa shape index (κ1) is 8.77. The van der Waals surface area contributed by atoms with Gasteiger partial charge in [0.05, 0.1) is 0 Å². The zero-order valence-corrected chi connectivity index (χ0v) is 9.24. The lowest BCUT2D eigenvalue weighted by atomic mass is 9.93. The lowest BCUT2D eigenvalue weighted by Crippen LogP contribution is -2.19. The van der Waals surface area contributed by atoms with Crippen LogP contribution in [0.25, 0.3) is 10.8 Å². The summed E-state index contributed by atoms with van der Waals surface area (Å²) in [5, 5.41) is 6.24. The van der Waals surface area contributed by atoms with E-state index in [4.69, 9.17) is 0 Å². The molecule has 0 amide bonds. The molecule has 16 heavy (non-hydrogen) atoms.